The van der Waals surface area contributed by atoms with Crippen molar-refractivity contribution < 1.29 is 9.53 Å². The molecular weight excluding hydrogens is 166 g/mol. The molecule has 0 unspecified atom stereocenters. The zero-order chi connectivity index (χ0) is 10.0. The number of epoxide rings is 1. The Balaban J connectivity index is 2.42. The Hall–Kier alpha value is -0.570. The Kier molecular flexibility index (Phi) is 3.31. The summed E-state index contributed by atoms with van der Waals surface area (Å²) in [5.41, 5.74) is 0. The van der Waals surface area contributed by atoms with E-state index in [1.54, 1.807) is 0 Å². The van der Waals surface area contributed by atoms with E-state index in [2.05, 4.69) is 13.8 Å². The Morgan fingerprint density at radius 1 is 1.38 bits per heavy atom. The average Bonchev–Trinajstić information content (AvgIpc) is 2.84. The lowest BCUT2D eigenvalue weighted by Gasteiger charge is -2.17. The van der Waals surface area contributed by atoms with Gasteiger partial charge in [-0.05, 0) is 19.8 Å². The van der Waals surface area contributed by atoms with Gasteiger partial charge in [0.2, 0.25) is 0 Å². The van der Waals surface area contributed by atoms with Gasteiger partial charge in [-0.1, -0.05) is 13.8 Å². The van der Waals surface area contributed by atoms with E-state index < -0.39 is 0 Å². The minimum absolute atomic E-state index is 0.153. The molecule has 1 heterocycles. The number of ether oxygens (including phenoxy) is 1. The van der Waals surface area contributed by atoms with E-state index in [1.807, 2.05) is 18.7 Å². The van der Waals surface area contributed by atoms with Gasteiger partial charge in [-0.25, -0.2) is 0 Å². The minimum Gasteiger partial charge on any atom is -0.359 e. The first-order valence-electron chi connectivity index (χ1n) is 5.06. The van der Waals surface area contributed by atoms with Gasteiger partial charge in [0.25, 0.3) is 5.91 Å². The number of hydrogen-bond donors (Lipinski definition) is 0. The van der Waals surface area contributed by atoms with E-state index in [0.717, 1.165) is 13.1 Å². The van der Waals surface area contributed by atoms with Gasteiger partial charge < -0.3 is 9.64 Å². The Labute approximate surface area is 80.1 Å². The monoisotopic (exact) mass is 185 g/mol. The molecule has 3 heteroatoms. The molecule has 0 aromatic carbocycles. The van der Waals surface area contributed by atoms with Gasteiger partial charge in [0.1, 0.15) is 0 Å². The van der Waals surface area contributed by atoms with Gasteiger partial charge in [-0.15, -0.1) is 0 Å². The van der Waals surface area contributed by atoms with Gasteiger partial charge in [0.15, 0.2) is 6.10 Å². The van der Waals surface area contributed by atoms with Crippen molar-refractivity contribution in [1.29, 1.82) is 0 Å². The maximum atomic E-state index is 11.7. The van der Waals surface area contributed by atoms with Gasteiger partial charge in [-0.2, -0.15) is 0 Å². The molecule has 1 saturated heterocycles. The molecule has 13 heavy (non-hydrogen) atoms. The number of carbonyl (C=O) groups excluding carboxylic acids is 1. The van der Waals surface area contributed by atoms with Crippen molar-refractivity contribution in [3.8, 4) is 0 Å². The minimum atomic E-state index is -0.153. The van der Waals surface area contributed by atoms with Crippen molar-refractivity contribution in [2.75, 3.05) is 13.1 Å². The lowest BCUT2D eigenvalue weighted by Crippen LogP contribution is -2.35. The third kappa shape index (κ3) is 2.21. The van der Waals surface area contributed by atoms with Crippen LogP contribution in [0.25, 0.3) is 0 Å². The smallest absolute Gasteiger partial charge is 0.254 e. The van der Waals surface area contributed by atoms with Crippen molar-refractivity contribution in [3.63, 3.8) is 0 Å². The second-order valence-corrected chi connectivity index (χ2v) is 3.78. The van der Waals surface area contributed by atoms with Crippen LogP contribution in [0.4, 0.5) is 0 Å². The molecule has 2 atom stereocenters. The number of hydrogen-bond acceptors (Lipinski definition) is 2. The zero-order valence-electron chi connectivity index (χ0n) is 8.91. The predicted molar refractivity (Wildman–Crippen MR) is 51.4 cm³/mol. The molecule has 0 saturated carbocycles. The van der Waals surface area contributed by atoms with E-state index in [9.17, 15) is 4.79 Å². The molecule has 0 aromatic heterocycles. The van der Waals surface area contributed by atoms with Crippen LogP contribution in [-0.2, 0) is 9.53 Å². The summed E-state index contributed by atoms with van der Waals surface area (Å²) < 4.78 is 5.33. The second-order valence-electron chi connectivity index (χ2n) is 3.78. The molecule has 1 rings (SSSR count). The van der Waals surface area contributed by atoms with Crippen LogP contribution < -0.4 is 0 Å². The highest BCUT2D eigenvalue weighted by atomic mass is 16.6. The Morgan fingerprint density at radius 2 is 1.92 bits per heavy atom. The topological polar surface area (TPSA) is 32.8 Å². The number of rotatable bonds is 4. The molecule has 3 nitrogen and oxygen atoms in total. The van der Waals surface area contributed by atoms with Crippen LogP contribution in [0.3, 0.4) is 0 Å². The largest absolute Gasteiger partial charge is 0.359 e. The molecule has 0 aliphatic carbocycles. The van der Waals surface area contributed by atoms with Crippen LogP contribution in [0.15, 0.2) is 0 Å². The zero-order valence-corrected chi connectivity index (χ0v) is 8.91. The molecule has 0 aromatic rings. The van der Waals surface area contributed by atoms with E-state index >= 15 is 0 Å². The molecule has 1 fully saturated rings. The summed E-state index contributed by atoms with van der Waals surface area (Å²) in [5, 5.41) is 0. The van der Waals surface area contributed by atoms with E-state index in [-0.39, 0.29) is 18.1 Å². The SMILES string of the molecule is CCN(CC)C(=O)[C@@H]1O[C@H]1C(C)C. The summed E-state index contributed by atoms with van der Waals surface area (Å²) in [7, 11) is 0. The Bertz CT molecular complexity index is 187. The molecule has 0 spiro atoms. The van der Waals surface area contributed by atoms with Crippen molar-refractivity contribution in [2.24, 2.45) is 5.92 Å². The van der Waals surface area contributed by atoms with Crippen molar-refractivity contribution in [3.05, 3.63) is 0 Å². The maximum Gasteiger partial charge on any atom is 0.254 e. The van der Waals surface area contributed by atoms with Crippen molar-refractivity contribution in [1.82, 2.24) is 4.90 Å². The molecule has 0 bridgehead atoms. The molecule has 1 amide bonds. The van der Waals surface area contributed by atoms with E-state index in [1.165, 1.54) is 0 Å². The number of amides is 1. The molecule has 1 aliphatic rings. The van der Waals surface area contributed by atoms with Crippen LogP contribution in [0.1, 0.15) is 27.7 Å². The summed E-state index contributed by atoms with van der Waals surface area (Å²) in [5.74, 6) is 0.605. The summed E-state index contributed by atoms with van der Waals surface area (Å²) >= 11 is 0. The number of likely N-dealkylation sites (N-methyl/N-ethyl adjacent to an activating group) is 1. The van der Waals surface area contributed by atoms with Crippen LogP contribution in [-0.4, -0.2) is 36.1 Å². The molecule has 1 aliphatic heterocycles. The highest BCUT2D eigenvalue weighted by molar-refractivity contribution is 5.83. The highest BCUT2D eigenvalue weighted by Crippen LogP contribution is 2.30. The molecule has 0 radical (unpaired) electrons. The first-order chi connectivity index (χ1) is 6.11. The summed E-state index contributed by atoms with van der Waals surface area (Å²) in [4.78, 5) is 13.5. The molecule has 0 N–H and O–H groups in total. The van der Waals surface area contributed by atoms with Crippen LogP contribution in [0, 0.1) is 5.92 Å². The predicted octanol–water partition coefficient (Wildman–Crippen LogP) is 1.28. The van der Waals surface area contributed by atoms with Crippen molar-refractivity contribution in [2.45, 2.75) is 39.9 Å². The standard InChI is InChI=1S/C10H19NO2/c1-5-11(6-2)10(12)9-8(13-9)7(3)4/h7-9H,5-6H2,1-4H3/t8-,9+/m0/s1. The maximum absolute atomic E-state index is 11.7. The Morgan fingerprint density at radius 3 is 2.23 bits per heavy atom. The van der Waals surface area contributed by atoms with Crippen LogP contribution in [0.5, 0.6) is 0 Å². The van der Waals surface area contributed by atoms with Gasteiger partial charge >= 0.3 is 0 Å². The lowest BCUT2D eigenvalue weighted by molar-refractivity contribution is -0.132. The summed E-state index contributed by atoms with van der Waals surface area (Å²) in [6, 6.07) is 0. The average molecular weight is 185 g/mol. The second kappa shape index (κ2) is 4.09. The van der Waals surface area contributed by atoms with E-state index in [0.29, 0.717) is 5.92 Å². The van der Waals surface area contributed by atoms with Gasteiger partial charge in [-0.3, -0.25) is 4.79 Å². The van der Waals surface area contributed by atoms with Crippen LogP contribution >= 0.6 is 0 Å². The first-order valence-corrected chi connectivity index (χ1v) is 5.06. The van der Waals surface area contributed by atoms with Crippen molar-refractivity contribution >= 4 is 5.91 Å². The number of nitrogens with zero attached hydrogens (tertiary/aromatic N) is 1. The summed E-state index contributed by atoms with van der Waals surface area (Å²) in [6.45, 7) is 9.71. The number of carbonyl (C=O) groups is 1. The van der Waals surface area contributed by atoms with E-state index in [4.69, 9.17) is 4.74 Å². The lowest BCUT2D eigenvalue weighted by atomic mass is 10.1. The summed E-state index contributed by atoms with van der Waals surface area (Å²) in [6.07, 6.45) is 0.00741. The van der Waals surface area contributed by atoms with Gasteiger partial charge in [0.05, 0.1) is 6.10 Å². The fraction of sp³-hybridized carbons (Fsp3) is 0.900. The normalized spacial score (nSPS) is 26.2. The third-order valence-corrected chi connectivity index (χ3v) is 2.50. The highest BCUT2D eigenvalue weighted by Gasteiger charge is 2.47. The first kappa shape index (κ1) is 10.5. The molecular formula is C10H19NO2. The fourth-order valence-corrected chi connectivity index (χ4v) is 1.54. The molecule has 76 valence electrons. The quantitative estimate of drug-likeness (QED) is 0.618. The third-order valence-electron chi connectivity index (χ3n) is 2.50. The van der Waals surface area contributed by atoms with Crippen LogP contribution in [0.2, 0.25) is 0 Å². The fourth-order valence-electron chi connectivity index (χ4n) is 1.54. The van der Waals surface area contributed by atoms with Gasteiger partial charge in [0, 0.05) is 13.1 Å².